The Bertz CT molecular complexity index is 883. The van der Waals surface area contributed by atoms with Crippen molar-refractivity contribution in [1.29, 1.82) is 0 Å². The highest BCUT2D eigenvalue weighted by Gasteiger charge is 2.25. The lowest BCUT2D eigenvalue weighted by Gasteiger charge is -2.33. The fraction of sp³-hybridized carbons (Fsp3) is 0.409. The van der Waals surface area contributed by atoms with Crippen molar-refractivity contribution in [1.82, 2.24) is 4.90 Å². The van der Waals surface area contributed by atoms with Crippen LogP contribution in [-0.4, -0.2) is 55.4 Å². The molecule has 2 aliphatic heterocycles. The Morgan fingerprint density at radius 2 is 1.90 bits per heavy atom. The van der Waals surface area contributed by atoms with Gasteiger partial charge in [0.2, 0.25) is 0 Å². The standard InChI is InChI=1S/C22H25ClN2O3S.ClH/c23-17-7-8-21-19(14-17)25(18-5-1-2-6-20(18)29-21)11-13-28-12-10-24-9-3-4-16(15-24)22(26)27;/h1-2,5-8,14,16H,3-4,9-13,15H2,(H,26,27);1H/t16-;/m1./s1. The summed E-state index contributed by atoms with van der Waals surface area (Å²) in [5.41, 5.74) is 2.29. The zero-order valence-corrected chi connectivity index (χ0v) is 19.0. The number of halogens is 2. The molecule has 0 amide bonds. The molecule has 2 aromatic carbocycles. The third kappa shape index (κ3) is 5.42. The molecule has 2 aliphatic rings. The van der Waals surface area contributed by atoms with Gasteiger partial charge in [0.15, 0.2) is 0 Å². The van der Waals surface area contributed by atoms with E-state index >= 15 is 0 Å². The monoisotopic (exact) mass is 468 g/mol. The highest BCUT2D eigenvalue weighted by atomic mass is 35.5. The lowest BCUT2D eigenvalue weighted by Crippen LogP contribution is -2.40. The van der Waals surface area contributed by atoms with Gasteiger partial charge in [0, 0.05) is 34.4 Å². The average Bonchev–Trinajstić information content (AvgIpc) is 2.73. The molecule has 8 heteroatoms. The Morgan fingerprint density at radius 3 is 2.73 bits per heavy atom. The third-order valence-corrected chi connectivity index (χ3v) is 6.82. The summed E-state index contributed by atoms with van der Waals surface area (Å²) in [5.74, 6) is -0.929. The summed E-state index contributed by atoms with van der Waals surface area (Å²) in [4.78, 5) is 18.1. The lowest BCUT2D eigenvalue weighted by atomic mass is 9.98. The van der Waals surface area contributed by atoms with Gasteiger partial charge in [-0.2, -0.15) is 0 Å². The van der Waals surface area contributed by atoms with Crippen LogP contribution in [0, 0.1) is 5.92 Å². The highest BCUT2D eigenvalue weighted by Crippen LogP contribution is 2.48. The normalized spacial score (nSPS) is 18.3. The van der Waals surface area contributed by atoms with Crippen LogP contribution in [0.2, 0.25) is 5.02 Å². The number of hydrogen-bond donors (Lipinski definition) is 1. The maximum Gasteiger partial charge on any atom is 0.307 e. The number of aliphatic carboxylic acids is 1. The van der Waals surface area contributed by atoms with Crippen LogP contribution in [0.3, 0.4) is 0 Å². The molecule has 1 saturated heterocycles. The number of rotatable bonds is 7. The summed E-state index contributed by atoms with van der Waals surface area (Å²) >= 11 is 8.02. The van der Waals surface area contributed by atoms with E-state index in [1.807, 2.05) is 12.1 Å². The number of carbonyl (C=O) groups is 1. The fourth-order valence-corrected chi connectivity index (χ4v) is 5.20. The maximum atomic E-state index is 11.2. The number of carboxylic acids is 1. The minimum Gasteiger partial charge on any atom is -0.481 e. The van der Waals surface area contributed by atoms with Gasteiger partial charge in [-0.05, 0) is 49.7 Å². The highest BCUT2D eigenvalue weighted by molar-refractivity contribution is 7.99. The molecule has 2 heterocycles. The molecule has 0 bridgehead atoms. The molecule has 0 saturated carbocycles. The number of likely N-dealkylation sites (tertiary alicyclic amines) is 1. The maximum absolute atomic E-state index is 11.2. The SMILES string of the molecule is Cl.O=C(O)[C@@H]1CCCN(CCOCCN2c3ccccc3Sc3ccc(Cl)cc32)C1. The van der Waals surface area contributed by atoms with Gasteiger partial charge in [0.1, 0.15) is 0 Å². The van der Waals surface area contributed by atoms with Crippen LogP contribution in [-0.2, 0) is 9.53 Å². The molecule has 0 aromatic heterocycles. The predicted molar refractivity (Wildman–Crippen MR) is 124 cm³/mol. The van der Waals surface area contributed by atoms with E-state index in [2.05, 4.69) is 40.1 Å². The topological polar surface area (TPSA) is 53.0 Å². The number of fused-ring (bicyclic) bond motifs is 2. The molecule has 4 rings (SSSR count). The Morgan fingerprint density at radius 1 is 1.13 bits per heavy atom. The molecule has 5 nitrogen and oxygen atoms in total. The minimum absolute atomic E-state index is 0. The van der Waals surface area contributed by atoms with Gasteiger partial charge >= 0.3 is 5.97 Å². The van der Waals surface area contributed by atoms with Gasteiger partial charge in [-0.1, -0.05) is 35.5 Å². The van der Waals surface area contributed by atoms with Crippen molar-refractivity contribution in [2.45, 2.75) is 22.6 Å². The quantitative estimate of drug-likeness (QED) is 0.565. The summed E-state index contributed by atoms with van der Waals surface area (Å²) in [6.45, 7) is 4.30. The Hall–Kier alpha value is -1.44. The van der Waals surface area contributed by atoms with Gasteiger partial charge in [-0.25, -0.2) is 0 Å². The Labute approximate surface area is 192 Å². The van der Waals surface area contributed by atoms with Gasteiger partial charge < -0.3 is 19.6 Å². The van der Waals surface area contributed by atoms with Crippen LogP contribution in [0.25, 0.3) is 0 Å². The van der Waals surface area contributed by atoms with E-state index in [-0.39, 0.29) is 18.3 Å². The fourth-order valence-electron chi connectivity index (χ4n) is 3.96. The second kappa shape index (κ2) is 10.7. The van der Waals surface area contributed by atoms with E-state index in [9.17, 15) is 9.90 Å². The molecule has 0 radical (unpaired) electrons. The molecule has 1 N–H and O–H groups in total. The molecule has 0 spiro atoms. The Kier molecular flexibility index (Phi) is 8.31. The second-order valence-corrected chi connectivity index (χ2v) is 8.94. The van der Waals surface area contributed by atoms with Crippen LogP contribution in [0.5, 0.6) is 0 Å². The molecule has 2 aromatic rings. The van der Waals surface area contributed by atoms with Crippen LogP contribution in [0.1, 0.15) is 12.8 Å². The first kappa shape index (κ1) is 23.2. The third-order valence-electron chi connectivity index (χ3n) is 5.45. The van der Waals surface area contributed by atoms with Crippen LogP contribution >= 0.6 is 35.8 Å². The van der Waals surface area contributed by atoms with Crippen molar-refractivity contribution in [3.05, 3.63) is 47.5 Å². The molecule has 1 atom stereocenters. The number of nitrogens with zero attached hydrogens (tertiary/aromatic N) is 2. The number of benzene rings is 2. The zero-order valence-electron chi connectivity index (χ0n) is 16.6. The number of para-hydroxylation sites is 1. The summed E-state index contributed by atoms with van der Waals surface area (Å²) in [5, 5.41) is 9.94. The predicted octanol–water partition coefficient (Wildman–Crippen LogP) is 5.18. The van der Waals surface area contributed by atoms with E-state index in [1.165, 1.54) is 15.5 Å². The first-order valence-electron chi connectivity index (χ1n) is 9.98. The van der Waals surface area contributed by atoms with E-state index < -0.39 is 5.97 Å². The molecular weight excluding hydrogens is 443 g/mol. The minimum atomic E-state index is -0.686. The summed E-state index contributed by atoms with van der Waals surface area (Å²) in [7, 11) is 0. The molecule has 30 heavy (non-hydrogen) atoms. The molecule has 0 aliphatic carbocycles. The summed E-state index contributed by atoms with van der Waals surface area (Å²) in [6.07, 6.45) is 1.72. The van der Waals surface area contributed by atoms with Gasteiger partial charge in [-0.15, -0.1) is 12.4 Å². The summed E-state index contributed by atoms with van der Waals surface area (Å²) in [6, 6.07) is 14.4. The number of anilines is 2. The van der Waals surface area contributed by atoms with Crippen molar-refractivity contribution < 1.29 is 14.6 Å². The van der Waals surface area contributed by atoms with Crippen molar-refractivity contribution >= 4 is 53.1 Å². The largest absolute Gasteiger partial charge is 0.481 e. The summed E-state index contributed by atoms with van der Waals surface area (Å²) < 4.78 is 5.92. The van der Waals surface area contributed by atoms with Gasteiger partial charge in [0.25, 0.3) is 0 Å². The van der Waals surface area contributed by atoms with Crippen LogP contribution < -0.4 is 4.90 Å². The first-order valence-corrected chi connectivity index (χ1v) is 11.2. The number of carboxylic acid groups (broad SMARTS) is 1. The second-order valence-electron chi connectivity index (χ2n) is 7.42. The van der Waals surface area contributed by atoms with E-state index in [1.54, 1.807) is 11.8 Å². The lowest BCUT2D eigenvalue weighted by molar-refractivity contribution is -0.143. The van der Waals surface area contributed by atoms with Gasteiger partial charge in [0.05, 0.1) is 30.5 Å². The number of hydrogen-bond acceptors (Lipinski definition) is 5. The molecule has 0 unspecified atom stereocenters. The average molecular weight is 469 g/mol. The van der Waals surface area contributed by atoms with E-state index in [4.69, 9.17) is 16.3 Å². The van der Waals surface area contributed by atoms with Gasteiger partial charge in [-0.3, -0.25) is 4.79 Å². The Balaban J connectivity index is 0.00000256. The van der Waals surface area contributed by atoms with E-state index in [0.717, 1.165) is 43.2 Å². The zero-order chi connectivity index (χ0) is 20.2. The number of piperidine rings is 1. The number of ether oxygens (including phenoxy) is 1. The molecular formula is C22H26Cl2N2O3S. The molecule has 162 valence electrons. The van der Waals surface area contributed by atoms with Crippen LogP contribution in [0.4, 0.5) is 11.4 Å². The van der Waals surface area contributed by atoms with Crippen molar-refractivity contribution in [3.8, 4) is 0 Å². The smallest absolute Gasteiger partial charge is 0.307 e. The first-order chi connectivity index (χ1) is 14.1. The van der Waals surface area contributed by atoms with Crippen LogP contribution in [0.15, 0.2) is 52.3 Å². The van der Waals surface area contributed by atoms with E-state index in [0.29, 0.717) is 19.8 Å². The molecule has 1 fully saturated rings. The van der Waals surface area contributed by atoms with Crippen molar-refractivity contribution in [3.63, 3.8) is 0 Å². The van der Waals surface area contributed by atoms with Crippen molar-refractivity contribution in [2.24, 2.45) is 5.92 Å². The van der Waals surface area contributed by atoms with Crippen molar-refractivity contribution in [2.75, 3.05) is 44.3 Å².